The molecular weight excluding hydrogens is 164 g/mol. The maximum atomic E-state index is 11.6. The molecule has 1 saturated heterocycles. The van der Waals surface area contributed by atoms with E-state index in [9.17, 15) is 4.79 Å². The Balaban J connectivity index is 2.33. The van der Waals surface area contributed by atoms with Gasteiger partial charge in [-0.2, -0.15) is 0 Å². The van der Waals surface area contributed by atoms with Crippen LogP contribution in [-0.4, -0.2) is 36.5 Å². The Kier molecular flexibility index (Phi) is 3.78. The summed E-state index contributed by atoms with van der Waals surface area (Å²) in [5.41, 5.74) is 0. The van der Waals surface area contributed by atoms with Gasteiger partial charge in [0.1, 0.15) is 0 Å². The highest BCUT2D eigenvalue weighted by Gasteiger charge is 2.22. The SMILES string of the molecule is C#CCNC(C)C(=O)N1CCCC1. The average Bonchev–Trinajstić information content (AvgIpc) is 2.65. The van der Waals surface area contributed by atoms with Crippen molar-refractivity contribution in [2.45, 2.75) is 25.8 Å². The summed E-state index contributed by atoms with van der Waals surface area (Å²) in [6, 6.07) is -0.144. The molecule has 1 rings (SSSR count). The van der Waals surface area contributed by atoms with Gasteiger partial charge < -0.3 is 4.90 Å². The summed E-state index contributed by atoms with van der Waals surface area (Å²) in [6.45, 7) is 4.13. The number of carbonyl (C=O) groups is 1. The number of likely N-dealkylation sites (tertiary alicyclic amines) is 1. The van der Waals surface area contributed by atoms with Gasteiger partial charge in [0.15, 0.2) is 0 Å². The average molecular weight is 180 g/mol. The monoisotopic (exact) mass is 180 g/mol. The number of rotatable bonds is 3. The Morgan fingerprint density at radius 3 is 2.77 bits per heavy atom. The van der Waals surface area contributed by atoms with E-state index in [0.29, 0.717) is 6.54 Å². The molecule has 0 saturated carbocycles. The number of amides is 1. The summed E-state index contributed by atoms with van der Waals surface area (Å²) >= 11 is 0. The standard InChI is InChI=1S/C10H16N2O/c1-3-6-11-9(2)10(13)12-7-4-5-8-12/h1,9,11H,4-8H2,2H3. The van der Waals surface area contributed by atoms with Gasteiger partial charge in [0, 0.05) is 13.1 Å². The zero-order valence-corrected chi connectivity index (χ0v) is 8.05. The maximum absolute atomic E-state index is 11.6. The van der Waals surface area contributed by atoms with E-state index < -0.39 is 0 Å². The Labute approximate surface area is 79.5 Å². The van der Waals surface area contributed by atoms with Crippen molar-refractivity contribution in [2.24, 2.45) is 0 Å². The van der Waals surface area contributed by atoms with Crippen LogP contribution in [0.2, 0.25) is 0 Å². The number of hydrogen-bond donors (Lipinski definition) is 1. The summed E-state index contributed by atoms with van der Waals surface area (Å²) in [6.07, 6.45) is 7.36. The summed E-state index contributed by atoms with van der Waals surface area (Å²) in [7, 11) is 0. The molecule has 1 atom stereocenters. The summed E-state index contributed by atoms with van der Waals surface area (Å²) in [4.78, 5) is 13.5. The van der Waals surface area contributed by atoms with E-state index in [1.165, 1.54) is 0 Å². The van der Waals surface area contributed by atoms with Gasteiger partial charge in [-0.25, -0.2) is 0 Å². The molecule has 0 aromatic heterocycles. The number of nitrogens with zero attached hydrogens (tertiary/aromatic N) is 1. The fourth-order valence-electron chi connectivity index (χ4n) is 1.51. The van der Waals surface area contributed by atoms with Crippen molar-refractivity contribution in [1.82, 2.24) is 10.2 Å². The van der Waals surface area contributed by atoms with Crippen molar-refractivity contribution >= 4 is 5.91 Å². The van der Waals surface area contributed by atoms with Crippen molar-refractivity contribution in [2.75, 3.05) is 19.6 Å². The van der Waals surface area contributed by atoms with Gasteiger partial charge in [0.25, 0.3) is 0 Å². The number of carbonyl (C=O) groups excluding carboxylic acids is 1. The van der Waals surface area contributed by atoms with E-state index in [-0.39, 0.29) is 11.9 Å². The molecule has 13 heavy (non-hydrogen) atoms. The van der Waals surface area contributed by atoms with Crippen molar-refractivity contribution in [3.63, 3.8) is 0 Å². The Bertz CT molecular complexity index is 213. The first-order chi connectivity index (χ1) is 6.25. The number of hydrogen-bond acceptors (Lipinski definition) is 2. The van der Waals surface area contributed by atoms with Crippen molar-refractivity contribution < 1.29 is 4.79 Å². The van der Waals surface area contributed by atoms with Crippen LogP contribution in [0.15, 0.2) is 0 Å². The lowest BCUT2D eigenvalue weighted by Crippen LogP contribution is -2.43. The van der Waals surface area contributed by atoms with E-state index in [1.807, 2.05) is 11.8 Å². The largest absolute Gasteiger partial charge is 0.341 e. The highest BCUT2D eigenvalue weighted by molar-refractivity contribution is 5.81. The van der Waals surface area contributed by atoms with Gasteiger partial charge >= 0.3 is 0 Å². The zero-order valence-electron chi connectivity index (χ0n) is 8.05. The van der Waals surface area contributed by atoms with Crippen LogP contribution in [0.4, 0.5) is 0 Å². The van der Waals surface area contributed by atoms with Gasteiger partial charge in [-0.05, 0) is 19.8 Å². The van der Waals surface area contributed by atoms with Crippen LogP contribution < -0.4 is 5.32 Å². The third kappa shape index (κ3) is 2.74. The van der Waals surface area contributed by atoms with Crippen LogP contribution in [0.5, 0.6) is 0 Å². The molecule has 1 amide bonds. The maximum Gasteiger partial charge on any atom is 0.239 e. The van der Waals surface area contributed by atoms with Gasteiger partial charge in [-0.3, -0.25) is 10.1 Å². The molecular formula is C10H16N2O. The Hall–Kier alpha value is -1.01. The Morgan fingerprint density at radius 1 is 1.62 bits per heavy atom. The number of terminal acetylenes is 1. The third-order valence-electron chi connectivity index (χ3n) is 2.30. The van der Waals surface area contributed by atoms with E-state index in [0.717, 1.165) is 25.9 Å². The van der Waals surface area contributed by atoms with E-state index in [2.05, 4.69) is 11.2 Å². The molecule has 1 aliphatic heterocycles. The van der Waals surface area contributed by atoms with Crippen molar-refractivity contribution in [1.29, 1.82) is 0 Å². The lowest BCUT2D eigenvalue weighted by Gasteiger charge is -2.20. The molecule has 0 spiro atoms. The van der Waals surface area contributed by atoms with E-state index >= 15 is 0 Å². The van der Waals surface area contributed by atoms with Gasteiger partial charge in [-0.15, -0.1) is 6.42 Å². The molecule has 1 heterocycles. The molecule has 3 heteroatoms. The first-order valence-electron chi connectivity index (χ1n) is 4.71. The minimum atomic E-state index is -0.144. The molecule has 72 valence electrons. The second-order valence-corrected chi connectivity index (χ2v) is 3.34. The normalized spacial score (nSPS) is 18.3. The molecule has 3 nitrogen and oxygen atoms in total. The van der Waals surface area contributed by atoms with Crippen molar-refractivity contribution in [3.05, 3.63) is 0 Å². The van der Waals surface area contributed by atoms with Gasteiger partial charge in [-0.1, -0.05) is 5.92 Å². The molecule has 1 unspecified atom stereocenters. The highest BCUT2D eigenvalue weighted by atomic mass is 16.2. The summed E-state index contributed by atoms with van der Waals surface area (Å²) in [5, 5.41) is 2.98. The van der Waals surface area contributed by atoms with Crippen LogP contribution >= 0.6 is 0 Å². The zero-order chi connectivity index (χ0) is 9.68. The highest BCUT2D eigenvalue weighted by Crippen LogP contribution is 2.08. The minimum absolute atomic E-state index is 0.144. The topological polar surface area (TPSA) is 32.3 Å². The van der Waals surface area contributed by atoms with Gasteiger partial charge in [0.2, 0.25) is 5.91 Å². The second kappa shape index (κ2) is 4.88. The predicted octanol–water partition coefficient (Wildman–Crippen LogP) is 0.220. The van der Waals surface area contributed by atoms with Crippen LogP contribution in [-0.2, 0) is 4.79 Å². The molecule has 1 fully saturated rings. The fraction of sp³-hybridized carbons (Fsp3) is 0.700. The number of nitrogens with one attached hydrogen (secondary N) is 1. The first kappa shape index (κ1) is 10.1. The van der Waals surface area contributed by atoms with E-state index in [1.54, 1.807) is 0 Å². The molecule has 0 radical (unpaired) electrons. The third-order valence-corrected chi connectivity index (χ3v) is 2.30. The Morgan fingerprint density at radius 2 is 2.23 bits per heavy atom. The first-order valence-corrected chi connectivity index (χ1v) is 4.71. The van der Waals surface area contributed by atoms with Gasteiger partial charge in [0.05, 0.1) is 12.6 Å². The minimum Gasteiger partial charge on any atom is -0.341 e. The second-order valence-electron chi connectivity index (χ2n) is 3.34. The quantitative estimate of drug-likeness (QED) is 0.630. The smallest absolute Gasteiger partial charge is 0.239 e. The molecule has 0 aromatic carbocycles. The lowest BCUT2D eigenvalue weighted by molar-refractivity contribution is -0.131. The van der Waals surface area contributed by atoms with Crippen LogP contribution in [0.3, 0.4) is 0 Å². The molecule has 0 aromatic rings. The van der Waals surface area contributed by atoms with Crippen molar-refractivity contribution in [3.8, 4) is 12.3 Å². The van der Waals surface area contributed by atoms with Crippen LogP contribution in [0.25, 0.3) is 0 Å². The molecule has 0 aliphatic carbocycles. The predicted molar refractivity (Wildman–Crippen MR) is 52.1 cm³/mol. The molecule has 0 bridgehead atoms. The summed E-state index contributed by atoms with van der Waals surface area (Å²) < 4.78 is 0. The van der Waals surface area contributed by atoms with Crippen LogP contribution in [0.1, 0.15) is 19.8 Å². The fourth-order valence-corrected chi connectivity index (χ4v) is 1.51. The van der Waals surface area contributed by atoms with Crippen LogP contribution in [0, 0.1) is 12.3 Å². The summed E-state index contributed by atoms with van der Waals surface area (Å²) in [5.74, 6) is 2.64. The lowest BCUT2D eigenvalue weighted by atomic mass is 10.3. The molecule has 1 aliphatic rings. The molecule has 1 N–H and O–H groups in total. The van der Waals surface area contributed by atoms with E-state index in [4.69, 9.17) is 6.42 Å².